The Morgan fingerprint density at radius 2 is 1.16 bits per heavy atom. The largest absolute Gasteiger partial charge is 0.310 e. The molecule has 0 amide bonds. The number of para-hydroxylation sites is 3. The Balaban J connectivity index is 1.28. The molecule has 0 saturated carbocycles. The minimum Gasteiger partial charge on any atom is -0.310 e. The van der Waals surface area contributed by atoms with Gasteiger partial charge in [0, 0.05) is 49.1 Å². The molecule has 0 fully saturated rings. The fraction of sp³-hybridized carbons (Fsp3) is 0.0750. The molecule has 6 aromatic rings. The van der Waals surface area contributed by atoms with E-state index in [1.807, 2.05) is 24.3 Å². The highest BCUT2D eigenvalue weighted by molar-refractivity contribution is 7.99. The SMILES string of the molecule is CC1(C)c2ccccc2C(=O)c2ccc(N3c4ccccc4Sc4cc(N(c5ccccc5)c5ccccc5)ccc43)cc21. The van der Waals surface area contributed by atoms with Crippen molar-refractivity contribution in [3.63, 3.8) is 0 Å². The maximum absolute atomic E-state index is 13.6. The van der Waals surface area contributed by atoms with Gasteiger partial charge in [0.1, 0.15) is 0 Å². The molecule has 0 unspecified atom stereocenters. The van der Waals surface area contributed by atoms with Crippen molar-refractivity contribution in [2.24, 2.45) is 0 Å². The Hall–Kier alpha value is -5.06. The topological polar surface area (TPSA) is 23.6 Å². The molecule has 212 valence electrons. The molecule has 0 N–H and O–H groups in total. The van der Waals surface area contributed by atoms with Crippen molar-refractivity contribution in [1.29, 1.82) is 0 Å². The molecule has 1 aliphatic carbocycles. The summed E-state index contributed by atoms with van der Waals surface area (Å²) < 4.78 is 0. The van der Waals surface area contributed by atoms with Gasteiger partial charge in [0.15, 0.2) is 5.78 Å². The number of anilines is 6. The highest BCUT2D eigenvalue weighted by Crippen LogP contribution is 2.54. The Kier molecular flexibility index (Phi) is 6.21. The monoisotopic (exact) mass is 586 g/mol. The zero-order chi connectivity index (χ0) is 29.8. The maximum atomic E-state index is 13.6. The molecule has 1 heterocycles. The van der Waals surface area contributed by atoms with Crippen LogP contribution in [-0.4, -0.2) is 5.78 Å². The van der Waals surface area contributed by atoms with Crippen molar-refractivity contribution in [3.05, 3.63) is 168 Å². The predicted molar refractivity (Wildman–Crippen MR) is 182 cm³/mol. The second-order valence-corrected chi connectivity index (χ2v) is 12.9. The van der Waals surface area contributed by atoms with Gasteiger partial charge in [0.2, 0.25) is 0 Å². The van der Waals surface area contributed by atoms with Crippen molar-refractivity contribution in [1.82, 2.24) is 0 Å². The van der Waals surface area contributed by atoms with Crippen LogP contribution in [0.3, 0.4) is 0 Å². The number of rotatable bonds is 4. The van der Waals surface area contributed by atoms with Crippen molar-refractivity contribution in [2.45, 2.75) is 29.1 Å². The molecule has 44 heavy (non-hydrogen) atoms. The number of fused-ring (bicyclic) bond motifs is 4. The van der Waals surface area contributed by atoms with E-state index in [1.165, 1.54) is 9.79 Å². The van der Waals surface area contributed by atoms with E-state index >= 15 is 0 Å². The summed E-state index contributed by atoms with van der Waals surface area (Å²) in [6.07, 6.45) is 0. The van der Waals surface area contributed by atoms with Crippen LogP contribution in [0.4, 0.5) is 34.1 Å². The first-order valence-electron chi connectivity index (χ1n) is 14.9. The van der Waals surface area contributed by atoms with E-state index in [4.69, 9.17) is 0 Å². The van der Waals surface area contributed by atoms with Crippen molar-refractivity contribution in [3.8, 4) is 0 Å². The molecule has 0 aromatic heterocycles. The van der Waals surface area contributed by atoms with Crippen molar-refractivity contribution >= 4 is 51.7 Å². The fourth-order valence-corrected chi connectivity index (χ4v) is 7.76. The van der Waals surface area contributed by atoms with E-state index in [0.717, 1.165) is 56.4 Å². The minimum atomic E-state index is -0.307. The van der Waals surface area contributed by atoms with Gasteiger partial charge >= 0.3 is 0 Å². The normalized spacial score (nSPS) is 14.2. The number of hydrogen-bond acceptors (Lipinski definition) is 4. The van der Waals surface area contributed by atoms with Gasteiger partial charge in [-0.3, -0.25) is 4.79 Å². The zero-order valence-corrected chi connectivity index (χ0v) is 25.4. The Morgan fingerprint density at radius 3 is 1.91 bits per heavy atom. The molecule has 4 heteroatoms. The average molecular weight is 587 g/mol. The third-order valence-electron chi connectivity index (χ3n) is 8.82. The third-order valence-corrected chi connectivity index (χ3v) is 9.93. The molecule has 1 aliphatic heterocycles. The van der Waals surface area contributed by atoms with Gasteiger partial charge in [-0.25, -0.2) is 0 Å². The second kappa shape index (κ2) is 10.3. The summed E-state index contributed by atoms with van der Waals surface area (Å²) in [5.41, 5.74) is 10.1. The molecule has 8 rings (SSSR count). The van der Waals surface area contributed by atoms with Gasteiger partial charge in [0.25, 0.3) is 0 Å². The molecule has 6 aromatic carbocycles. The van der Waals surface area contributed by atoms with E-state index in [0.29, 0.717) is 0 Å². The molecule has 0 spiro atoms. The second-order valence-electron chi connectivity index (χ2n) is 11.8. The van der Waals surface area contributed by atoms with Crippen LogP contribution in [0.2, 0.25) is 0 Å². The molecule has 0 radical (unpaired) electrons. The number of nitrogens with zero attached hydrogens (tertiary/aromatic N) is 2. The van der Waals surface area contributed by atoms with Gasteiger partial charge in [-0.2, -0.15) is 0 Å². The van der Waals surface area contributed by atoms with Gasteiger partial charge in [-0.05, 0) is 83.9 Å². The Bertz CT molecular complexity index is 2010. The summed E-state index contributed by atoms with van der Waals surface area (Å²) in [7, 11) is 0. The molecule has 3 nitrogen and oxygen atoms in total. The molecule has 0 bridgehead atoms. The number of ketones is 1. The number of carbonyl (C=O) groups is 1. The number of hydrogen-bond donors (Lipinski definition) is 0. The van der Waals surface area contributed by atoms with Gasteiger partial charge in [0.05, 0.1) is 11.4 Å². The van der Waals surface area contributed by atoms with E-state index < -0.39 is 0 Å². The maximum Gasteiger partial charge on any atom is 0.193 e. The van der Waals surface area contributed by atoms with Crippen LogP contribution in [0.1, 0.15) is 40.9 Å². The van der Waals surface area contributed by atoms with Crippen molar-refractivity contribution < 1.29 is 4.79 Å². The lowest BCUT2D eigenvalue weighted by atomic mass is 9.68. The van der Waals surface area contributed by atoms with Crippen LogP contribution in [0, 0.1) is 0 Å². The molecule has 0 atom stereocenters. The van der Waals surface area contributed by atoms with E-state index in [2.05, 4.69) is 145 Å². The Labute approximate surface area is 262 Å². The first-order chi connectivity index (χ1) is 21.5. The summed E-state index contributed by atoms with van der Waals surface area (Å²) in [6, 6.07) is 50.7. The van der Waals surface area contributed by atoms with Gasteiger partial charge in [-0.1, -0.05) is 98.4 Å². The highest BCUT2D eigenvalue weighted by atomic mass is 32.2. The summed E-state index contributed by atoms with van der Waals surface area (Å²) in [6.45, 7) is 4.45. The lowest BCUT2D eigenvalue weighted by Crippen LogP contribution is -2.30. The lowest BCUT2D eigenvalue weighted by molar-refractivity contribution is 0.103. The van der Waals surface area contributed by atoms with Crippen LogP contribution in [0.5, 0.6) is 0 Å². The first kappa shape index (κ1) is 26.6. The van der Waals surface area contributed by atoms with Crippen LogP contribution < -0.4 is 9.80 Å². The summed E-state index contributed by atoms with van der Waals surface area (Å²) >= 11 is 1.80. The molecule has 2 aliphatic rings. The lowest BCUT2D eigenvalue weighted by Gasteiger charge is -2.37. The first-order valence-corrected chi connectivity index (χ1v) is 15.7. The summed E-state index contributed by atoms with van der Waals surface area (Å²) in [4.78, 5) is 20.6. The van der Waals surface area contributed by atoms with E-state index in [-0.39, 0.29) is 11.2 Å². The van der Waals surface area contributed by atoms with Crippen LogP contribution in [0.25, 0.3) is 0 Å². The molecular weight excluding hydrogens is 557 g/mol. The van der Waals surface area contributed by atoms with Gasteiger partial charge in [-0.15, -0.1) is 0 Å². The van der Waals surface area contributed by atoms with Gasteiger partial charge < -0.3 is 9.80 Å². The highest BCUT2D eigenvalue weighted by Gasteiger charge is 2.37. The number of carbonyl (C=O) groups excluding carboxylic acids is 1. The summed E-state index contributed by atoms with van der Waals surface area (Å²) in [5, 5.41) is 0. The Morgan fingerprint density at radius 1 is 0.545 bits per heavy atom. The quantitative estimate of drug-likeness (QED) is 0.205. The smallest absolute Gasteiger partial charge is 0.193 e. The van der Waals surface area contributed by atoms with E-state index in [1.54, 1.807) is 11.8 Å². The minimum absolute atomic E-state index is 0.100. The average Bonchev–Trinajstić information content (AvgIpc) is 3.07. The van der Waals surface area contributed by atoms with Crippen molar-refractivity contribution in [2.75, 3.05) is 9.80 Å². The molecule has 0 saturated heterocycles. The number of benzene rings is 6. The summed E-state index contributed by atoms with van der Waals surface area (Å²) in [5.74, 6) is 0.100. The standard InChI is InChI=1S/C40H30N2OS/c1-40(2)33-18-10-9-17-31(33)39(43)32-23-21-29(25-34(32)40)42-35-19-11-12-20-37(35)44-38-26-30(22-24-36(38)42)41(27-13-5-3-6-14-27)28-15-7-4-8-16-28/h3-26H,1-2H3. The van der Waals surface area contributed by atoms with E-state index in [9.17, 15) is 4.79 Å². The zero-order valence-electron chi connectivity index (χ0n) is 24.6. The predicted octanol–water partition coefficient (Wildman–Crippen LogP) is 11.0. The van der Waals surface area contributed by atoms with Crippen LogP contribution in [-0.2, 0) is 5.41 Å². The fourth-order valence-electron chi connectivity index (χ4n) is 6.67. The third kappa shape index (κ3) is 4.17. The van der Waals surface area contributed by atoms with Crippen LogP contribution in [0.15, 0.2) is 155 Å². The van der Waals surface area contributed by atoms with Crippen LogP contribution >= 0.6 is 11.8 Å². The molecular formula is C40H30N2OS.